The summed E-state index contributed by atoms with van der Waals surface area (Å²) in [6, 6.07) is 3.84. The monoisotopic (exact) mass is 193 g/mol. The fourth-order valence-corrected chi connectivity index (χ4v) is 0.569. The van der Waals surface area contributed by atoms with E-state index in [9.17, 15) is 0 Å². The van der Waals surface area contributed by atoms with Gasteiger partial charge in [-0.3, -0.25) is 0 Å². The molecule has 9 heavy (non-hydrogen) atoms. The second-order valence-corrected chi connectivity index (χ2v) is 1.70. The average molecular weight is 193 g/mol. The fraction of sp³-hybridized carbons (Fsp3) is 0.167. The van der Waals surface area contributed by atoms with Crippen LogP contribution in [0.5, 0.6) is 0 Å². The van der Waals surface area contributed by atoms with Crippen molar-refractivity contribution >= 4 is 7.85 Å². The van der Waals surface area contributed by atoms with Crippen molar-refractivity contribution in [2.75, 3.05) is 0 Å². The van der Waals surface area contributed by atoms with Crippen LogP contribution in [-0.2, 0) is 32.7 Å². The Morgan fingerprint density at radius 3 is 2.00 bits per heavy atom. The SMILES string of the molecule is [B]C([CH2-])n1cccc1.[Y]. The summed E-state index contributed by atoms with van der Waals surface area (Å²) in [5.41, 5.74) is 0. The summed E-state index contributed by atoms with van der Waals surface area (Å²) in [5, 5.41) is 0. The molecule has 0 saturated heterocycles. The Hall–Kier alpha value is 0.449. The van der Waals surface area contributed by atoms with Crippen molar-refractivity contribution in [2.24, 2.45) is 0 Å². The number of rotatable bonds is 1. The first-order chi connectivity index (χ1) is 3.80. The molecule has 0 fully saturated rings. The van der Waals surface area contributed by atoms with Crippen molar-refractivity contribution in [1.82, 2.24) is 4.57 Å². The molecule has 3 radical (unpaired) electrons. The van der Waals surface area contributed by atoms with Gasteiger partial charge in [-0.2, -0.15) is 0 Å². The molecule has 1 aromatic heterocycles. The molecule has 1 nitrogen and oxygen atoms in total. The third kappa shape index (κ3) is 2.68. The van der Waals surface area contributed by atoms with Gasteiger partial charge in [-0.1, -0.05) is 0 Å². The van der Waals surface area contributed by atoms with E-state index in [2.05, 4.69) is 6.92 Å². The molecule has 43 valence electrons. The van der Waals surface area contributed by atoms with Gasteiger partial charge in [0.05, 0.1) is 7.85 Å². The topological polar surface area (TPSA) is 4.93 Å². The quantitative estimate of drug-likeness (QED) is 0.462. The van der Waals surface area contributed by atoms with Gasteiger partial charge in [-0.15, -0.1) is 5.94 Å². The summed E-state index contributed by atoms with van der Waals surface area (Å²) in [7, 11) is 5.41. The van der Waals surface area contributed by atoms with E-state index < -0.39 is 0 Å². The van der Waals surface area contributed by atoms with Gasteiger partial charge in [-0.25, -0.2) is 0 Å². The first-order valence-corrected chi connectivity index (χ1v) is 2.52. The molecule has 0 spiro atoms. The molecule has 0 amide bonds. The molecule has 1 aromatic rings. The Bertz CT molecular complexity index is 148. The molecular weight excluding hydrogens is 186 g/mol. The minimum Gasteiger partial charge on any atom is -0.389 e. The maximum Gasteiger partial charge on any atom is 0.0537 e. The van der Waals surface area contributed by atoms with Gasteiger partial charge in [0.2, 0.25) is 0 Å². The Morgan fingerprint density at radius 1 is 1.33 bits per heavy atom. The van der Waals surface area contributed by atoms with Crippen molar-refractivity contribution in [1.29, 1.82) is 0 Å². The van der Waals surface area contributed by atoms with E-state index in [1.165, 1.54) is 0 Å². The van der Waals surface area contributed by atoms with Crippen LogP contribution in [0.15, 0.2) is 24.5 Å². The van der Waals surface area contributed by atoms with Crippen molar-refractivity contribution < 1.29 is 32.7 Å². The third-order valence-electron chi connectivity index (χ3n) is 1.01. The van der Waals surface area contributed by atoms with Crippen LogP contribution in [0.4, 0.5) is 0 Å². The van der Waals surface area contributed by atoms with Crippen LogP contribution in [0.2, 0.25) is 0 Å². The zero-order valence-corrected chi connectivity index (χ0v) is 8.03. The van der Waals surface area contributed by atoms with E-state index in [1.54, 1.807) is 0 Å². The van der Waals surface area contributed by atoms with Crippen molar-refractivity contribution in [2.45, 2.75) is 5.94 Å². The molecule has 3 heteroatoms. The minimum absolute atomic E-state index is 0. The molecule has 1 rings (SSSR count). The summed E-state index contributed by atoms with van der Waals surface area (Å²) in [5.74, 6) is -0.148. The van der Waals surface area contributed by atoms with E-state index in [0.29, 0.717) is 0 Å². The number of aromatic nitrogens is 1. The molecule has 1 atom stereocenters. The second-order valence-electron chi connectivity index (χ2n) is 1.70. The summed E-state index contributed by atoms with van der Waals surface area (Å²) in [4.78, 5) is 0. The van der Waals surface area contributed by atoms with Gasteiger partial charge in [0.1, 0.15) is 0 Å². The van der Waals surface area contributed by atoms with Crippen molar-refractivity contribution in [3.05, 3.63) is 31.5 Å². The van der Waals surface area contributed by atoms with Gasteiger partial charge in [-0.05, 0) is 12.1 Å². The molecule has 0 aliphatic carbocycles. The molecular formula is C6H7BNY-. The average Bonchev–Trinajstić information content (AvgIpc) is 2.12. The Kier molecular flexibility index (Phi) is 4.51. The molecule has 0 N–H and O–H groups in total. The van der Waals surface area contributed by atoms with E-state index in [-0.39, 0.29) is 38.7 Å². The van der Waals surface area contributed by atoms with E-state index >= 15 is 0 Å². The largest absolute Gasteiger partial charge is 0.389 e. The molecule has 0 aliphatic rings. The first-order valence-electron chi connectivity index (χ1n) is 2.52. The first kappa shape index (κ1) is 9.45. The molecule has 0 bridgehead atoms. The van der Waals surface area contributed by atoms with Gasteiger partial charge >= 0.3 is 0 Å². The van der Waals surface area contributed by atoms with E-state index in [0.717, 1.165) is 0 Å². The Balaban J connectivity index is 0.000000640. The molecule has 1 heterocycles. The number of hydrogen-bond donors (Lipinski definition) is 0. The normalized spacial score (nSPS) is 12.1. The molecule has 0 aliphatic heterocycles. The van der Waals surface area contributed by atoms with E-state index in [1.807, 2.05) is 29.1 Å². The van der Waals surface area contributed by atoms with Crippen molar-refractivity contribution in [3.63, 3.8) is 0 Å². The summed E-state index contributed by atoms with van der Waals surface area (Å²) < 4.78 is 1.83. The second kappa shape index (κ2) is 4.29. The van der Waals surface area contributed by atoms with Crippen LogP contribution in [-0.4, -0.2) is 12.4 Å². The fourth-order valence-electron chi connectivity index (χ4n) is 0.569. The summed E-state index contributed by atoms with van der Waals surface area (Å²) >= 11 is 0. The minimum atomic E-state index is -0.148. The van der Waals surface area contributed by atoms with Crippen LogP contribution in [0, 0.1) is 6.92 Å². The zero-order chi connectivity index (χ0) is 5.98. The smallest absolute Gasteiger partial charge is 0.0537 e. The van der Waals surface area contributed by atoms with E-state index in [4.69, 9.17) is 7.85 Å². The summed E-state index contributed by atoms with van der Waals surface area (Å²) in [6.07, 6.45) is 3.77. The van der Waals surface area contributed by atoms with Gasteiger partial charge < -0.3 is 11.5 Å². The predicted molar refractivity (Wildman–Crippen MR) is 34.6 cm³/mol. The van der Waals surface area contributed by atoms with Crippen LogP contribution >= 0.6 is 0 Å². The van der Waals surface area contributed by atoms with Crippen LogP contribution in [0.1, 0.15) is 5.94 Å². The predicted octanol–water partition coefficient (Wildman–Crippen LogP) is 0.987. The van der Waals surface area contributed by atoms with Crippen LogP contribution in [0.3, 0.4) is 0 Å². The maximum absolute atomic E-state index is 5.41. The van der Waals surface area contributed by atoms with Gasteiger partial charge in [0.15, 0.2) is 0 Å². The van der Waals surface area contributed by atoms with Crippen LogP contribution in [0.25, 0.3) is 0 Å². The molecule has 0 saturated carbocycles. The third-order valence-corrected chi connectivity index (χ3v) is 1.01. The van der Waals surface area contributed by atoms with Gasteiger partial charge in [0.25, 0.3) is 0 Å². The van der Waals surface area contributed by atoms with Crippen LogP contribution < -0.4 is 0 Å². The number of hydrogen-bond acceptors (Lipinski definition) is 0. The molecule has 1 unspecified atom stereocenters. The Morgan fingerprint density at radius 2 is 1.78 bits per heavy atom. The molecule has 0 aromatic carbocycles. The summed E-state index contributed by atoms with van der Waals surface area (Å²) in [6.45, 7) is 3.62. The Labute approximate surface area is 82.1 Å². The maximum atomic E-state index is 5.41. The standard InChI is InChI=1S/C6H7BN.Y/c1-6(7)8-4-2-3-5-8;/h2-6H,1H2;/q-1;. The zero-order valence-electron chi connectivity index (χ0n) is 5.20. The van der Waals surface area contributed by atoms with Crippen molar-refractivity contribution in [3.8, 4) is 0 Å². The van der Waals surface area contributed by atoms with Gasteiger partial charge in [0, 0.05) is 45.1 Å². The number of nitrogens with zero attached hydrogens (tertiary/aromatic N) is 1.